The third kappa shape index (κ3) is 3.74. The lowest BCUT2D eigenvalue weighted by atomic mass is 10.2. The molecule has 0 atom stereocenters. The van der Waals surface area contributed by atoms with Gasteiger partial charge in [-0.2, -0.15) is 4.98 Å². The van der Waals surface area contributed by atoms with Crippen molar-refractivity contribution in [2.75, 3.05) is 11.9 Å². The zero-order chi connectivity index (χ0) is 13.8. The fourth-order valence-electron chi connectivity index (χ4n) is 1.56. The number of nitrogens with one attached hydrogen (secondary N) is 1. The first-order valence-electron chi connectivity index (χ1n) is 5.68. The van der Waals surface area contributed by atoms with Crippen molar-refractivity contribution in [1.82, 2.24) is 10.1 Å². The number of anilines is 1. The summed E-state index contributed by atoms with van der Waals surface area (Å²) < 4.78 is 5.95. The van der Waals surface area contributed by atoms with Gasteiger partial charge in [0.1, 0.15) is 4.99 Å². The first kappa shape index (κ1) is 14.0. The number of nitrogens with zero attached hydrogens (tertiary/aromatic N) is 2. The third-order valence-electron chi connectivity index (χ3n) is 2.48. The van der Waals surface area contributed by atoms with Gasteiger partial charge in [0, 0.05) is 28.7 Å². The van der Waals surface area contributed by atoms with Gasteiger partial charge in [-0.1, -0.05) is 17.4 Å². The van der Waals surface area contributed by atoms with Crippen molar-refractivity contribution < 1.29 is 4.52 Å². The number of hydrogen-bond donors (Lipinski definition) is 2. The Balaban J connectivity index is 1.94. The highest BCUT2D eigenvalue weighted by molar-refractivity contribution is 9.10. The maximum atomic E-state index is 5.57. The molecule has 0 radical (unpaired) electrons. The maximum Gasteiger partial charge on any atom is 0.228 e. The lowest BCUT2D eigenvalue weighted by Gasteiger charge is -2.08. The van der Waals surface area contributed by atoms with Crippen LogP contribution in [0.3, 0.4) is 0 Å². The van der Waals surface area contributed by atoms with Crippen molar-refractivity contribution in [1.29, 1.82) is 0 Å². The van der Waals surface area contributed by atoms with E-state index in [1.165, 1.54) is 0 Å². The first-order chi connectivity index (χ1) is 9.06. The van der Waals surface area contributed by atoms with E-state index in [1.54, 1.807) is 6.92 Å². The van der Waals surface area contributed by atoms with E-state index in [-0.39, 0.29) is 0 Å². The second kappa shape index (κ2) is 6.12. The van der Waals surface area contributed by atoms with Crippen LogP contribution in [0.2, 0.25) is 0 Å². The molecule has 0 spiro atoms. The highest BCUT2D eigenvalue weighted by atomic mass is 79.9. The Labute approximate surface area is 124 Å². The van der Waals surface area contributed by atoms with E-state index in [0.29, 0.717) is 29.7 Å². The molecule has 0 fully saturated rings. The SMILES string of the molecule is Cc1noc(CCNc2ccc(C(N)=S)cc2Br)n1. The Morgan fingerprint density at radius 2 is 2.32 bits per heavy atom. The molecule has 0 saturated carbocycles. The lowest BCUT2D eigenvalue weighted by Crippen LogP contribution is -2.10. The molecule has 0 aliphatic rings. The summed E-state index contributed by atoms with van der Waals surface area (Å²) in [6.45, 7) is 2.50. The van der Waals surface area contributed by atoms with Crippen LogP contribution >= 0.6 is 28.1 Å². The zero-order valence-corrected chi connectivity index (χ0v) is 12.7. The van der Waals surface area contributed by atoms with Crippen LogP contribution < -0.4 is 11.1 Å². The molecule has 1 aromatic heterocycles. The molecule has 100 valence electrons. The molecule has 2 aromatic rings. The van der Waals surface area contributed by atoms with Gasteiger partial charge in [0.25, 0.3) is 0 Å². The summed E-state index contributed by atoms with van der Waals surface area (Å²) in [5.41, 5.74) is 7.38. The number of halogens is 1. The van der Waals surface area contributed by atoms with Gasteiger partial charge in [-0.3, -0.25) is 0 Å². The van der Waals surface area contributed by atoms with Crippen LogP contribution in [0, 0.1) is 6.92 Å². The van der Waals surface area contributed by atoms with Crippen molar-refractivity contribution in [2.24, 2.45) is 5.73 Å². The zero-order valence-electron chi connectivity index (χ0n) is 10.3. The average Bonchev–Trinajstić information content (AvgIpc) is 2.77. The first-order valence-corrected chi connectivity index (χ1v) is 6.89. The van der Waals surface area contributed by atoms with Crippen molar-refractivity contribution in [3.8, 4) is 0 Å². The summed E-state index contributed by atoms with van der Waals surface area (Å²) >= 11 is 8.40. The average molecular weight is 341 g/mol. The van der Waals surface area contributed by atoms with Crippen LogP contribution in [0.15, 0.2) is 27.2 Å². The third-order valence-corrected chi connectivity index (χ3v) is 3.37. The molecular weight excluding hydrogens is 328 g/mol. The molecule has 0 bridgehead atoms. The van der Waals surface area contributed by atoms with Gasteiger partial charge in [-0.15, -0.1) is 0 Å². The molecule has 0 saturated heterocycles. The van der Waals surface area contributed by atoms with Crippen molar-refractivity contribution >= 4 is 38.8 Å². The molecule has 0 aliphatic heterocycles. The number of nitrogens with two attached hydrogens (primary N) is 1. The Morgan fingerprint density at radius 3 is 2.89 bits per heavy atom. The van der Waals surface area contributed by atoms with E-state index in [9.17, 15) is 0 Å². The van der Waals surface area contributed by atoms with Gasteiger partial charge in [-0.05, 0) is 41.1 Å². The summed E-state index contributed by atoms with van der Waals surface area (Å²) in [5.74, 6) is 1.28. The standard InChI is InChI=1S/C12H13BrN4OS/c1-7-16-11(18-17-7)4-5-15-10-3-2-8(12(14)19)6-9(10)13/h2-3,6,15H,4-5H2,1H3,(H2,14,19). The second-order valence-electron chi connectivity index (χ2n) is 3.97. The van der Waals surface area contributed by atoms with E-state index >= 15 is 0 Å². The number of rotatable bonds is 5. The van der Waals surface area contributed by atoms with E-state index in [4.69, 9.17) is 22.5 Å². The normalized spacial score (nSPS) is 10.4. The number of hydrogen-bond acceptors (Lipinski definition) is 5. The van der Waals surface area contributed by atoms with Gasteiger partial charge < -0.3 is 15.6 Å². The van der Waals surface area contributed by atoms with Crippen molar-refractivity contribution in [3.63, 3.8) is 0 Å². The molecule has 3 N–H and O–H groups in total. The fourth-order valence-corrected chi connectivity index (χ4v) is 2.20. The molecule has 5 nitrogen and oxygen atoms in total. The minimum absolute atomic E-state index is 0.383. The monoisotopic (exact) mass is 340 g/mol. The van der Waals surface area contributed by atoms with Gasteiger partial charge in [0.15, 0.2) is 5.82 Å². The van der Waals surface area contributed by atoms with Gasteiger partial charge in [0.05, 0.1) is 0 Å². The second-order valence-corrected chi connectivity index (χ2v) is 5.27. The van der Waals surface area contributed by atoms with E-state index in [1.807, 2.05) is 18.2 Å². The summed E-state index contributed by atoms with van der Waals surface area (Å²) in [6.07, 6.45) is 0.671. The molecule has 1 heterocycles. The van der Waals surface area contributed by atoms with Crippen molar-refractivity contribution in [3.05, 3.63) is 40.0 Å². The topological polar surface area (TPSA) is 77.0 Å². The summed E-state index contributed by atoms with van der Waals surface area (Å²) in [5, 5.41) is 7.02. The Kier molecular flexibility index (Phi) is 4.49. The minimum atomic E-state index is 0.383. The van der Waals surface area contributed by atoms with Crippen LogP contribution in [-0.2, 0) is 6.42 Å². The molecule has 0 amide bonds. The predicted octanol–water partition coefficient (Wildman–Crippen LogP) is 2.43. The van der Waals surface area contributed by atoms with E-state index in [0.717, 1.165) is 15.7 Å². The van der Waals surface area contributed by atoms with E-state index < -0.39 is 0 Å². The molecule has 2 rings (SSSR count). The van der Waals surface area contributed by atoms with E-state index in [2.05, 4.69) is 31.4 Å². The van der Waals surface area contributed by atoms with Gasteiger partial charge in [-0.25, -0.2) is 0 Å². The predicted molar refractivity (Wildman–Crippen MR) is 81.3 cm³/mol. The molecule has 1 aromatic carbocycles. The van der Waals surface area contributed by atoms with Crippen LogP contribution in [0.5, 0.6) is 0 Å². The van der Waals surface area contributed by atoms with Crippen LogP contribution in [0.25, 0.3) is 0 Å². The van der Waals surface area contributed by atoms with Crippen LogP contribution in [0.4, 0.5) is 5.69 Å². The summed E-state index contributed by atoms with van der Waals surface area (Å²) in [4.78, 5) is 4.52. The number of aromatic nitrogens is 2. The highest BCUT2D eigenvalue weighted by Gasteiger charge is 2.05. The Morgan fingerprint density at radius 1 is 1.53 bits per heavy atom. The molecule has 19 heavy (non-hydrogen) atoms. The molecule has 0 aliphatic carbocycles. The number of aryl methyl sites for hydroxylation is 1. The number of benzene rings is 1. The minimum Gasteiger partial charge on any atom is -0.389 e. The quantitative estimate of drug-likeness (QED) is 0.814. The molecular formula is C12H13BrN4OS. The van der Waals surface area contributed by atoms with Gasteiger partial charge in [0.2, 0.25) is 5.89 Å². The summed E-state index contributed by atoms with van der Waals surface area (Å²) in [7, 11) is 0. The van der Waals surface area contributed by atoms with Crippen LogP contribution in [0.1, 0.15) is 17.3 Å². The van der Waals surface area contributed by atoms with Crippen molar-refractivity contribution in [2.45, 2.75) is 13.3 Å². The largest absolute Gasteiger partial charge is 0.389 e. The summed E-state index contributed by atoms with van der Waals surface area (Å²) in [6, 6.07) is 5.70. The Hall–Kier alpha value is -1.47. The Bertz CT molecular complexity index is 599. The number of thiocarbonyl (C=S) groups is 1. The highest BCUT2D eigenvalue weighted by Crippen LogP contribution is 2.23. The maximum absolute atomic E-state index is 5.57. The fraction of sp³-hybridized carbons (Fsp3) is 0.250. The smallest absolute Gasteiger partial charge is 0.228 e. The molecule has 7 heteroatoms. The van der Waals surface area contributed by atoms with Gasteiger partial charge >= 0.3 is 0 Å². The lowest BCUT2D eigenvalue weighted by molar-refractivity contribution is 0.377. The van der Waals surface area contributed by atoms with Crippen LogP contribution in [-0.4, -0.2) is 21.7 Å². The molecule has 0 unspecified atom stereocenters.